The van der Waals surface area contributed by atoms with Crippen molar-refractivity contribution in [2.75, 3.05) is 0 Å². The molecule has 57 valence electrons. The van der Waals surface area contributed by atoms with Gasteiger partial charge >= 0.3 is 0 Å². The Morgan fingerprint density at radius 2 is 2.00 bits per heavy atom. The number of hydrogen-bond acceptors (Lipinski definition) is 1. The number of benzene rings is 1. The molecule has 0 saturated heterocycles. The van der Waals surface area contributed by atoms with Gasteiger partial charge in [0, 0.05) is 5.56 Å². The van der Waals surface area contributed by atoms with Gasteiger partial charge in [-0.15, -0.1) is 0 Å². The van der Waals surface area contributed by atoms with Crippen molar-refractivity contribution in [2.24, 2.45) is 0 Å². The van der Waals surface area contributed by atoms with Crippen LogP contribution in [0, 0.1) is 0 Å². The Bertz CT molecular complexity index is 266. The fourth-order valence-electron chi connectivity index (χ4n) is 0.990. The molecular weight excluding hydrogens is 140 g/mol. The molecule has 11 heavy (non-hydrogen) atoms. The first-order valence-corrected chi connectivity index (χ1v) is 3.42. The summed E-state index contributed by atoms with van der Waals surface area (Å²) in [6.07, 6.45) is 0. The molecule has 0 saturated carbocycles. The molecule has 0 unspecified atom stereocenters. The molecule has 1 aromatic carbocycles. The van der Waals surface area contributed by atoms with Gasteiger partial charge in [-0.2, -0.15) is 0 Å². The second kappa shape index (κ2) is 3.30. The first-order valence-electron chi connectivity index (χ1n) is 3.42. The van der Waals surface area contributed by atoms with Gasteiger partial charge in [-0.3, -0.25) is 4.79 Å². The predicted octanol–water partition coefficient (Wildman–Crippen LogP) is 1.82. The number of rotatable bonds is 2. The van der Waals surface area contributed by atoms with Gasteiger partial charge in [0.25, 0.3) is 0 Å². The molecule has 0 amide bonds. The molecule has 0 aliphatic carbocycles. The van der Waals surface area contributed by atoms with E-state index < -0.39 is 0 Å². The lowest BCUT2D eigenvalue weighted by Crippen LogP contribution is -1.97. The summed E-state index contributed by atoms with van der Waals surface area (Å²) in [5, 5.41) is 10.5. The van der Waals surface area contributed by atoms with Gasteiger partial charge in [0.2, 0.25) is 0 Å². The molecule has 0 aliphatic rings. The van der Waals surface area contributed by atoms with Gasteiger partial charge in [0.15, 0.2) is 5.78 Å². The highest BCUT2D eigenvalue weighted by Crippen LogP contribution is 2.08. The Balaban J connectivity index is 3.12. The molecule has 0 aromatic heterocycles. The maximum atomic E-state index is 10.9. The van der Waals surface area contributed by atoms with Gasteiger partial charge in [-0.25, -0.2) is 5.11 Å². The molecule has 0 atom stereocenters. The minimum atomic E-state index is -0.324. The first-order chi connectivity index (χ1) is 5.25. The van der Waals surface area contributed by atoms with E-state index in [9.17, 15) is 9.90 Å². The Morgan fingerprint density at radius 3 is 2.45 bits per heavy atom. The standard InChI is InChI=1S/C9H9O2/c1-7(11)9-5-3-2-4-8(9)6-10/h2-5H,6H2,1H3. The van der Waals surface area contributed by atoms with Crippen LogP contribution in [0.25, 0.3) is 0 Å². The molecule has 1 radical (unpaired) electrons. The van der Waals surface area contributed by atoms with E-state index >= 15 is 0 Å². The highest BCUT2D eigenvalue weighted by atomic mass is 16.3. The zero-order chi connectivity index (χ0) is 8.27. The minimum Gasteiger partial charge on any atom is -0.294 e. The van der Waals surface area contributed by atoms with Crippen molar-refractivity contribution in [3.8, 4) is 0 Å². The fourth-order valence-corrected chi connectivity index (χ4v) is 0.990. The number of carbonyl (C=O) groups excluding carboxylic acids is 1. The van der Waals surface area contributed by atoms with Crippen LogP contribution < -0.4 is 0 Å². The van der Waals surface area contributed by atoms with E-state index in [1.807, 2.05) is 0 Å². The van der Waals surface area contributed by atoms with Gasteiger partial charge in [0.05, 0.1) is 0 Å². The molecule has 1 rings (SSSR count). The highest BCUT2D eigenvalue weighted by Gasteiger charge is 2.03. The molecule has 2 nitrogen and oxygen atoms in total. The van der Waals surface area contributed by atoms with Gasteiger partial charge in [0.1, 0.15) is 6.61 Å². The van der Waals surface area contributed by atoms with Crippen molar-refractivity contribution in [3.63, 3.8) is 0 Å². The highest BCUT2D eigenvalue weighted by molar-refractivity contribution is 5.95. The lowest BCUT2D eigenvalue weighted by atomic mass is 10.1. The predicted molar refractivity (Wildman–Crippen MR) is 40.8 cm³/mol. The third-order valence-electron chi connectivity index (χ3n) is 1.55. The van der Waals surface area contributed by atoms with Crippen molar-refractivity contribution < 1.29 is 9.90 Å². The van der Waals surface area contributed by atoms with E-state index in [0.717, 1.165) is 0 Å². The van der Waals surface area contributed by atoms with E-state index in [4.69, 9.17) is 0 Å². The molecule has 0 aliphatic heterocycles. The van der Waals surface area contributed by atoms with Crippen molar-refractivity contribution >= 4 is 5.78 Å². The third-order valence-corrected chi connectivity index (χ3v) is 1.55. The van der Waals surface area contributed by atoms with Crippen LogP contribution in [0.15, 0.2) is 24.3 Å². The fraction of sp³-hybridized carbons (Fsp3) is 0.222. The molecule has 0 heterocycles. The molecule has 2 heteroatoms. The summed E-state index contributed by atoms with van der Waals surface area (Å²) < 4.78 is 0. The second-order valence-electron chi connectivity index (χ2n) is 2.36. The van der Waals surface area contributed by atoms with Crippen molar-refractivity contribution in [2.45, 2.75) is 13.5 Å². The Hall–Kier alpha value is -1.15. The Kier molecular flexibility index (Phi) is 2.39. The average Bonchev–Trinajstić information content (AvgIpc) is 2.04. The summed E-state index contributed by atoms with van der Waals surface area (Å²) in [4.78, 5) is 10.9. The van der Waals surface area contributed by atoms with Crippen LogP contribution in [0.3, 0.4) is 0 Å². The van der Waals surface area contributed by atoms with Crippen LogP contribution in [0.1, 0.15) is 22.8 Å². The molecular formula is C9H9O2. The maximum absolute atomic E-state index is 10.9. The van der Waals surface area contributed by atoms with E-state index in [1.54, 1.807) is 24.3 Å². The molecule has 0 spiro atoms. The van der Waals surface area contributed by atoms with E-state index in [2.05, 4.69) is 0 Å². The van der Waals surface area contributed by atoms with Crippen LogP contribution >= 0.6 is 0 Å². The summed E-state index contributed by atoms with van der Waals surface area (Å²) in [6, 6.07) is 6.88. The van der Waals surface area contributed by atoms with Crippen LogP contribution in [0.5, 0.6) is 0 Å². The molecule has 0 fully saturated rings. The zero-order valence-corrected chi connectivity index (χ0v) is 6.33. The maximum Gasteiger partial charge on any atom is 0.160 e. The lowest BCUT2D eigenvalue weighted by molar-refractivity contribution is 0.101. The third kappa shape index (κ3) is 1.65. The van der Waals surface area contributed by atoms with Gasteiger partial charge in [-0.05, 0) is 12.5 Å². The number of hydrogen-bond donors (Lipinski definition) is 0. The number of carbonyl (C=O) groups is 1. The Labute approximate surface area is 65.5 Å². The topological polar surface area (TPSA) is 37.0 Å². The zero-order valence-electron chi connectivity index (χ0n) is 6.33. The van der Waals surface area contributed by atoms with Crippen LogP contribution in [0.2, 0.25) is 0 Å². The van der Waals surface area contributed by atoms with Crippen LogP contribution in [-0.4, -0.2) is 5.78 Å². The van der Waals surface area contributed by atoms with E-state index in [1.165, 1.54) is 6.92 Å². The SMILES string of the molecule is CC(=O)c1ccccc1C[O]. The van der Waals surface area contributed by atoms with Crippen molar-refractivity contribution in [1.29, 1.82) is 0 Å². The smallest absolute Gasteiger partial charge is 0.160 e. The number of Topliss-reactive ketones (excluding diaryl/α,β-unsaturated/α-hetero) is 1. The van der Waals surface area contributed by atoms with Gasteiger partial charge in [-0.1, -0.05) is 24.3 Å². The van der Waals surface area contributed by atoms with Crippen LogP contribution in [0.4, 0.5) is 0 Å². The Morgan fingerprint density at radius 1 is 1.36 bits per heavy atom. The van der Waals surface area contributed by atoms with Crippen LogP contribution in [-0.2, 0) is 11.7 Å². The average molecular weight is 149 g/mol. The van der Waals surface area contributed by atoms with E-state index in [0.29, 0.717) is 11.1 Å². The second-order valence-corrected chi connectivity index (χ2v) is 2.36. The summed E-state index contributed by atoms with van der Waals surface area (Å²) in [7, 11) is 0. The summed E-state index contributed by atoms with van der Waals surface area (Å²) in [5.74, 6) is -0.0450. The first kappa shape index (κ1) is 7.95. The molecule has 1 aromatic rings. The van der Waals surface area contributed by atoms with Gasteiger partial charge < -0.3 is 0 Å². The molecule has 0 bridgehead atoms. The summed E-state index contributed by atoms with van der Waals surface area (Å²) in [6.45, 7) is 1.14. The largest absolute Gasteiger partial charge is 0.294 e. The summed E-state index contributed by atoms with van der Waals surface area (Å²) in [5.41, 5.74) is 1.13. The monoisotopic (exact) mass is 149 g/mol. The van der Waals surface area contributed by atoms with Crippen molar-refractivity contribution in [3.05, 3.63) is 35.4 Å². The quantitative estimate of drug-likeness (QED) is 0.591. The minimum absolute atomic E-state index is 0.0450. The number of ketones is 1. The normalized spacial score (nSPS) is 9.64. The lowest BCUT2D eigenvalue weighted by Gasteiger charge is -2.00. The van der Waals surface area contributed by atoms with E-state index in [-0.39, 0.29) is 12.4 Å². The summed E-state index contributed by atoms with van der Waals surface area (Å²) >= 11 is 0. The molecule has 0 N–H and O–H groups in total. The van der Waals surface area contributed by atoms with Crippen molar-refractivity contribution in [1.82, 2.24) is 0 Å².